The van der Waals surface area contributed by atoms with Crippen molar-refractivity contribution in [3.63, 3.8) is 0 Å². The monoisotopic (exact) mass is 389 g/mol. The van der Waals surface area contributed by atoms with Crippen molar-refractivity contribution < 1.29 is 38.0 Å². The van der Waals surface area contributed by atoms with Crippen LogP contribution in [0, 0.1) is 0 Å². The van der Waals surface area contributed by atoms with Crippen molar-refractivity contribution in [3.05, 3.63) is 0 Å². The molecular weight excluding hydrogens is 362 g/mol. The van der Waals surface area contributed by atoms with E-state index in [1.807, 2.05) is 19.3 Å². The van der Waals surface area contributed by atoms with Crippen molar-refractivity contribution in [1.29, 1.82) is 0 Å². The molecule has 5 atom stereocenters. The molecule has 3 rings (SSSR count). The third-order valence-electron chi connectivity index (χ3n) is 4.43. The van der Waals surface area contributed by atoms with Gasteiger partial charge in [-0.1, -0.05) is 0 Å². The molecule has 0 aromatic rings. The molecule has 0 spiro atoms. The van der Waals surface area contributed by atoms with Gasteiger partial charge in [-0.25, -0.2) is 5.84 Å². The number of rotatable bonds is 6. The van der Waals surface area contributed by atoms with E-state index < -0.39 is 48.0 Å². The second-order valence-corrected chi connectivity index (χ2v) is 7.56. The van der Waals surface area contributed by atoms with Crippen LogP contribution in [-0.4, -0.2) is 73.9 Å². The Morgan fingerprint density at radius 2 is 1.74 bits per heavy atom. The van der Waals surface area contributed by atoms with Crippen LogP contribution in [0.2, 0.25) is 0 Å². The molecule has 0 aromatic carbocycles. The summed E-state index contributed by atoms with van der Waals surface area (Å²) >= 11 is 0. The molecule has 3 aliphatic heterocycles. The number of fused-ring (bicyclic) bond motifs is 1. The molecule has 0 saturated carbocycles. The van der Waals surface area contributed by atoms with Crippen LogP contribution >= 0.6 is 0 Å². The highest BCUT2D eigenvalue weighted by Crippen LogP contribution is 2.42. The number of amides is 2. The molecule has 11 heteroatoms. The van der Waals surface area contributed by atoms with E-state index in [2.05, 4.69) is 5.32 Å². The van der Waals surface area contributed by atoms with Gasteiger partial charge >= 0.3 is 0 Å². The van der Waals surface area contributed by atoms with Gasteiger partial charge in [-0.3, -0.25) is 15.0 Å². The van der Waals surface area contributed by atoms with E-state index in [0.29, 0.717) is 6.61 Å². The summed E-state index contributed by atoms with van der Waals surface area (Å²) in [5, 5.41) is 2.38. The van der Waals surface area contributed by atoms with Gasteiger partial charge < -0.3 is 33.7 Å². The number of ether oxygens (including phenoxy) is 6. The van der Waals surface area contributed by atoms with Gasteiger partial charge in [0.05, 0.1) is 13.2 Å². The van der Waals surface area contributed by atoms with Crippen LogP contribution < -0.4 is 16.6 Å². The Bertz CT molecular complexity index is 584. The second kappa shape index (κ2) is 7.59. The average Bonchev–Trinajstić information content (AvgIpc) is 3.20. The molecule has 2 amide bonds. The Labute approximate surface area is 157 Å². The lowest BCUT2D eigenvalue weighted by Gasteiger charge is -2.26. The molecule has 3 saturated heterocycles. The van der Waals surface area contributed by atoms with Crippen molar-refractivity contribution in [2.24, 2.45) is 5.84 Å². The van der Waals surface area contributed by atoms with E-state index in [9.17, 15) is 9.59 Å². The van der Waals surface area contributed by atoms with Crippen LogP contribution in [0.15, 0.2) is 0 Å². The van der Waals surface area contributed by atoms with Gasteiger partial charge in [-0.2, -0.15) is 0 Å². The molecule has 0 bridgehead atoms. The summed E-state index contributed by atoms with van der Waals surface area (Å²) in [6.45, 7) is 7.05. The first kappa shape index (κ1) is 20.4. The van der Waals surface area contributed by atoms with Gasteiger partial charge in [0, 0.05) is 0 Å². The largest absolute Gasteiger partial charge is 0.348 e. The zero-order valence-corrected chi connectivity index (χ0v) is 15.9. The third-order valence-corrected chi connectivity index (χ3v) is 4.43. The van der Waals surface area contributed by atoms with Crippen molar-refractivity contribution in [2.45, 2.75) is 70.0 Å². The molecule has 3 fully saturated rings. The summed E-state index contributed by atoms with van der Waals surface area (Å²) in [5.74, 6) is 2.44. The highest BCUT2D eigenvalue weighted by atomic mass is 16.8. The van der Waals surface area contributed by atoms with E-state index in [4.69, 9.17) is 34.3 Å². The molecule has 154 valence electrons. The van der Waals surface area contributed by atoms with E-state index in [0.717, 1.165) is 0 Å². The van der Waals surface area contributed by atoms with Crippen LogP contribution in [-0.2, 0) is 38.0 Å². The van der Waals surface area contributed by atoms with Crippen molar-refractivity contribution in [3.8, 4) is 0 Å². The summed E-state index contributed by atoms with van der Waals surface area (Å²) in [4.78, 5) is 22.9. The Hall–Kier alpha value is -1.34. The number of hydrogen-bond donors (Lipinski definition) is 3. The van der Waals surface area contributed by atoms with E-state index in [-0.39, 0.29) is 19.3 Å². The van der Waals surface area contributed by atoms with Crippen LogP contribution in [0.4, 0.5) is 0 Å². The quantitative estimate of drug-likeness (QED) is 0.281. The van der Waals surface area contributed by atoms with Gasteiger partial charge in [0.25, 0.3) is 5.91 Å². The summed E-state index contributed by atoms with van der Waals surface area (Å²) < 4.78 is 34.9. The molecule has 0 aliphatic carbocycles. The molecule has 27 heavy (non-hydrogen) atoms. The number of hydrogen-bond acceptors (Lipinski definition) is 9. The minimum Gasteiger partial charge on any atom is -0.348 e. The van der Waals surface area contributed by atoms with Crippen molar-refractivity contribution in [2.75, 3.05) is 19.8 Å². The van der Waals surface area contributed by atoms with E-state index >= 15 is 0 Å². The molecule has 3 aliphatic rings. The average molecular weight is 389 g/mol. The molecule has 0 aromatic heterocycles. The first-order chi connectivity index (χ1) is 12.6. The zero-order valence-electron chi connectivity index (χ0n) is 15.9. The predicted molar refractivity (Wildman–Crippen MR) is 88.7 cm³/mol. The summed E-state index contributed by atoms with van der Waals surface area (Å²) in [7, 11) is 0. The van der Waals surface area contributed by atoms with Gasteiger partial charge in [0.15, 0.2) is 17.9 Å². The number of nitrogens with one attached hydrogen (secondary N) is 2. The Morgan fingerprint density at radius 3 is 2.37 bits per heavy atom. The predicted octanol–water partition coefficient (Wildman–Crippen LogP) is -1.49. The minimum absolute atomic E-state index is 0.242. The lowest BCUT2D eigenvalue weighted by atomic mass is 10.1. The maximum Gasteiger partial charge on any atom is 0.253 e. The van der Waals surface area contributed by atoms with Crippen LogP contribution in [0.1, 0.15) is 27.7 Å². The fraction of sp³-hybridized carbons (Fsp3) is 0.875. The smallest absolute Gasteiger partial charge is 0.253 e. The Balaban J connectivity index is 1.59. The summed E-state index contributed by atoms with van der Waals surface area (Å²) in [6, 6.07) is 0. The fourth-order valence-electron chi connectivity index (χ4n) is 3.34. The van der Waals surface area contributed by atoms with Gasteiger partial charge in [0.2, 0.25) is 5.91 Å². The second-order valence-electron chi connectivity index (χ2n) is 7.56. The van der Waals surface area contributed by atoms with Crippen molar-refractivity contribution in [1.82, 2.24) is 10.7 Å². The third kappa shape index (κ3) is 4.74. The molecule has 0 radical (unpaired) electrons. The number of nitrogens with two attached hydrogens (primary N) is 1. The molecular formula is C16H27N3O8. The molecule has 0 unspecified atom stereocenters. The number of carbonyl (C=O) groups is 2. The lowest BCUT2D eigenvalue weighted by Crippen LogP contribution is -2.42. The molecule has 4 N–H and O–H groups in total. The first-order valence-corrected chi connectivity index (χ1v) is 8.81. The van der Waals surface area contributed by atoms with Crippen LogP contribution in [0.25, 0.3) is 0 Å². The normalized spacial score (nSPS) is 36.4. The highest BCUT2D eigenvalue weighted by molar-refractivity contribution is 5.84. The standard InChI is InChI=1S/C16H27N3O8/c1-15(2)23-6-8(25-15)11-12-13(27-16(3,4)26-12)14(24-11)22-7-10(21)18-5-9(20)19-17/h8,11-14H,5-7,17H2,1-4H3,(H,18,21)(H,19,20)/t8-,11-,12+,13+,14+/m1/s1. The molecule has 3 heterocycles. The van der Waals surface area contributed by atoms with E-state index in [1.54, 1.807) is 13.8 Å². The Morgan fingerprint density at radius 1 is 1.04 bits per heavy atom. The van der Waals surface area contributed by atoms with Gasteiger partial charge in [-0.15, -0.1) is 0 Å². The summed E-state index contributed by atoms with van der Waals surface area (Å²) in [5.41, 5.74) is 1.92. The fourth-order valence-corrected chi connectivity index (χ4v) is 3.34. The number of hydrazine groups is 1. The Kier molecular flexibility index (Phi) is 5.73. The van der Waals surface area contributed by atoms with Gasteiger partial charge in [0.1, 0.15) is 31.0 Å². The topological polar surface area (TPSA) is 140 Å². The van der Waals surface area contributed by atoms with Gasteiger partial charge in [-0.05, 0) is 27.7 Å². The lowest BCUT2D eigenvalue weighted by molar-refractivity contribution is -0.246. The minimum atomic E-state index is -0.817. The zero-order chi connectivity index (χ0) is 19.8. The number of carbonyl (C=O) groups excluding carboxylic acids is 2. The first-order valence-electron chi connectivity index (χ1n) is 8.81. The van der Waals surface area contributed by atoms with E-state index in [1.165, 1.54) is 0 Å². The molecule has 11 nitrogen and oxygen atoms in total. The highest BCUT2D eigenvalue weighted by Gasteiger charge is 2.59. The van der Waals surface area contributed by atoms with Crippen LogP contribution in [0.5, 0.6) is 0 Å². The maximum absolute atomic E-state index is 11.8. The summed E-state index contributed by atoms with van der Waals surface area (Å²) in [6.07, 6.45) is -2.56. The maximum atomic E-state index is 11.8. The van der Waals surface area contributed by atoms with Crippen molar-refractivity contribution >= 4 is 11.8 Å². The SMILES string of the molecule is CC1(C)O[C@@H]2[C@H](O1)[C@@H](OCC(=O)NCC(=O)NN)O[C@@H]2[C@H]1COC(C)(C)O1. The van der Waals surface area contributed by atoms with Crippen LogP contribution in [0.3, 0.4) is 0 Å².